The van der Waals surface area contributed by atoms with Crippen LogP contribution < -0.4 is 5.56 Å². The summed E-state index contributed by atoms with van der Waals surface area (Å²) in [6.45, 7) is 5.10. The molecular formula is C24H24FN5O2. The van der Waals surface area contributed by atoms with Crippen LogP contribution >= 0.6 is 0 Å². The van der Waals surface area contributed by atoms with Crippen molar-refractivity contribution in [2.45, 2.75) is 13.5 Å². The number of hydrogen-bond acceptors (Lipinski definition) is 4. The Morgan fingerprint density at radius 3 is 2.47 bits per heavy atom. The summed E-state index contributed by atoms with van der Waals surface area (Å²) in [5, 5.41) is 5.51. The molecular weight excluding hydrogens is 409 g/mol. The third-order valence-corrected chi connectivity index (χ3v) is 6.17. The largest absolute Gasteiger partial charge is 0.336 e. The summed E-state index contributed by atoms with van der Waals surface area (Å²) in [5.74, 6) is -0.662. The SMILES string of the molecule is CCn1c2ccc(F)cc2c2c(C(=O)N3CCN(C)CC3)nn(-c3ccccc3)c(=O)c21. The minimum Gasteiger partial charge on any atom is -0.336 e. The van der Waals surface area contributed by atoms with Gasteiger partial charge in [-0.15, -0.1) is 0 Å². The molecule has 1 amide bonds. The van der Waals surface area contributed by atoms with Gasteiger partial charge in [-0.1, -0.05) is 18.2 Å². The summed E-state index contributed by atoms with van der Waals surface area (Å²) in [5.41, 5.74) is 1.49. The van der Waals surface area contributed by atoms with Crippen LogP contribution in [0.25, 0.3) is 27.5 Å². The number of carbonyl (C=O) groups is 1. The topological polar surface area (TPSA) is 63.4 Å². The molecule has 0 aliphatic carbocycles. The molecule has 0 radical (unpaired) electrons. The number of carbonyl (C=O) groups excluding carboxylic acids is 1. The molecule has 32 heavy (non-hydrogen) atoms. The number of rotatable bonds is 3. The number of benzene rings is 2. The van der Waals surface area contributed by atoms with Crippen LogP contribution in [0.15, 0.2) is 53.3 Å². The second-order valence-corrected chi connectivity index (χ2v) is 8.13. The van der Waals surface area contributed by atoms with E-state index >= 15 is 0 Å². The Bertz CT molecular complexity index is 1380. The van der Waals surface area contributed by atoms with Gasteiger partial charge >= 0.3 is 0 Å². The third kappa shape index (κ3) is 3.18. The summed E-state index contributed by atoms with van der Waals surface area (Å²) in [6, 6.07) is 13.5. The standard InChI is InChI=1S/C24H24FN5O2/c1-3-29-19-10-9-16(25)15-18(19)20-21(23(31)28-13-11-27(2)12-14-28)26-30(24(32)22(20)29)17-7-5-4-6-8-17/h4-10,15H,3,11-14H2,1-2H3. The zero-order valence-corrected chi connectivity index (χ0v) is 18.1. The number of nitrogens with zero attached hydrogens (tertiary/aromatic N) is 5. The van der Waals surface area contributed by atoms with Crippen molar-refractivity contribution < 1.29 is 9.18 Å². The average molecular weight is 433 g/mol. The van der Waals surface area contributed by atoms with Gasteiger partial charge in [0.1, 0.15) is 11.3 Å². The predicted octanol–water partition coefficient (Wildman–Crippen LogP) is 2.89. The normalized spacial score (nSPS) is 15.0. The molecule has 164 valence electrons. The van der Waals surface area contributed by atoms with Gasteiger partial charge in [-0.3, -0.25) is 9.59 Å². The number of aromatic nitrogens is 3. The maximum atomic E-state index is 14.2. The van der Waals surface area contributed by atoms with Crippen LogP contribution in [0.5, 0.6) is 0 Å². The Morgan fingerprint density at radius 1 is 1.06 bits per heavy atom. The van der Waals surface area contributed by atoms with Gasteiger partial charge in [0, 0.05) is 49.0 Å². The van der Waals surface area contributed by atoms with Crippen molar-refractivity contribution in [3.63, 3.8) is 0 Å². The minimum absolute atomic E-state index is 0.177. The van der Waals surface area contributed by atoms with Crippen molar-refractivity contribution in [1.29, 1.82) is 0 Å². The van der Waals surface area contributed by atoms with E-state index in [0.29, 0.717) is 47.1 Å². The van der Waals surface area contributed by atoms with Crippen LogP contribution in [0.4, 0.5) is 4.39 Å². The first-order valence-corrected chi connectivity index (χ1v) is 10.8. The number of fused-ring (bicyclic) bond motifs is 3. The molecule has 2 aromatic carbocycles. The zero-order valence-electron chi connectivity index (χ0n) is 18.1. The van der Waals surface area contributed by atoms with Gasteiger partial charge in [-0.2, -0.15) is 9.78 Å². The van der Waals surface area contributed by atoms with E-state index in [9.17, 15) is 14.0 Å². The Balaban J connectivity index is 1.86. The van der Waals surface area contributed by atoms with Crippen molar-refractivity contribution in [3.05, 3.63) is 70.4 Å². The molecule has 1 saturated heterocycles. The molecule has 0 bridgehead atoms. The van der Waals surface area contributed by atoms with Gasteiger partial charge < -0.3 is 14.4 Å². The van der Waals surface area contributed by atoms with Crippen LogP contribution in [0.1, 0.15) is 17.4 Å². The van der Waals surface area contributed by atoms with Crippen LogP contribution in [-0.2, 0) is 6.54 Å². The summed E-state index contributed by atoms with van der Waals surface area (Å²) >= 11 is 0. The number of halogens is 1. The number of para-hydroxylation sites is 1. The molecule has 8 heteroatoms. The van der Waals surface area contributed by atoms with Crippen molar-refractivity contribution in [1.82, 2.24) is 24.1 Å². The first-order valence-electron chi connectivity index (χ1n) is 10.8. The molecule has 4 aromatic rings. The second kappa shape index (κ2) is 7.87. The number of aryl methyl sites for hydroxylation is 1. The molecule has 2 aromatic heterocycles. The maximum absolute atomic E-state index is 14.2. The van der Waals surface area contributed by atoms with Gasteiger partial charge in [0.2, 0.25) is 0 Å². The van der Waals surface area contributed by atoms with Gasteiger partial charge in [0.05, 0.1) is 5.69 Å². The fourth-order valence-electron chi connectivity index (χ4n) is 4.47. The quantitative estimate of drug-likeness (QED) is 0.499. The smallest absolute Gasteiger partial charge is 0.296 e. The lowest BCUT2D eigenvalue weighted by molar-refractivity contribution is 0.0658. The Hall–Kier alpha value is -3.52. The third-order valence-electron chi connectivity index (χ3n) is 6.17. The molecule has 0 spiro atoms. The van der Waals surface area contributed by atoms with E-state index in [2.05, 4.69) is 10.00 Å². The molecule has 3 heterocycles. The highest BCUT2D eigenvalue weighted by Crippen LogP contribution is 2.31. The van der Waals surface area contributed by atoms with Gasteiger partial charge in [-0.25, -0.2) is 4.39 Å². The number of amides is 1. The highest BCUT2D eigenvalue weighted by molar-refractivity contribution is 6.16. The van der Waals surface area contributed by atoms with Gasteiger partial charge in [-0.05, 0) is 44.3 Å². The first-order chi connectivity index (χ1) is 15.5. The fourth-order valence-corrected chi connectivity index (χ4v) is 4.47. The van der Waals surface area contributed by atoms with E-state index in [0.717, 1.165) is 13.1 Å². The average Bonchev–Trinajstić information content (AvgIpc) is 3.14. The Kier molecular flexibility index (Phi) is 5.01. The van der Waals surface area contributed by atoms with Crippen molar-refractivity contribution >= 4 is 27.7 Å². The van der Waals surface area contributed by atoms with E-state index in [4.69, 9.17) is 0 Å². The molecule has 0 saturated carbocycles. The number of likely N-dealkylation sites (N-methyl/N-ethyl adjacent to an activating group) is 1. The molecule has 5 rings (SSSR count). The predicted molar refractivity (Wildman–Crippen MR) is 122 cm³/mol. The zero-order chi connectivity index (χ0) is 22.4. The lowest BCUT2D eigenvalue weighted by Crippen LogP contribution is -2.47. The Labute approximate surface area is 184 Å². The minimum atomic E-state index is -0.419. The van der Waals surface area contributed by atoms with Crippen molar-refractivity contribution in [2.75, 3.05) is 33.2 Å². The number of piperazine rings is 1. The summed E-state index contributed by atoms with van der Waals surface area (Å²) in [4.78, 5) is 31.2. The van der Waals surface area contributed by atoms with Crippen LogP contribution in [-0.4, -0.2) is 63.3 Å². The first kappa shape index (κ1) is 20.4. The number of hydrogen-bond donors (Lipinski definition) is 0. The van der Waals surface area contributed by atoms with E-state index in [1.807, 2.05) is 36.7 Å². The summed E-state index contributed by atoms with van der Waals surface area (Å²) in [6.07, 6.45) is 0. The van der Waals surface area contributed by atoms with Gasteiger partial charge in [0.25, 0.3) is 11.5 Å². The van der Waals surface area contributed by atoms with Crippen molar-refractivity contribution in [3.8, 4) is 5.69 Å². The van der Waals surface area contributed by atoms with E-state index < -0.39 is 5.82 Å². The second-order valence-electron chi connectivity index (χ2n) is 8.13. The molecule has 1 aliphatic heterocycles. The summed E-state index contributed by atoms with van der Waals surface area (Å²) < 4.78 is 17.4. The molecule has 0 unspecified atom stereocenters. The van der Waals surface area contributed by atoms with E-state index in [1.165, 1.54) is 16.8 Å². The van der Waals surface area contributed by atoms with Gasteiger partial charge in [0.15, 0.2) is 5.69 Å². The van der Waals surface area contributed by atoms with Crippen LogP contribution in [0, 0.1) is 5.82 Å². The summed E-state index contributed by atoms with van der Waals surface area (Å²) in [7, 11) is 2.02. The lowest BCUT2D eigenvalue weighted by atomic mass is 10.1. The Morgan fingerprint density at radius 2 is 1.78 bits per heavy atom. The van der Waals surface area contributed by atoms with E-state index in [1.54, 1.807) is 23.1 Å². The molecule has 0 atom stereocenters. The molecule has 7 nitrogen and oxygen atoms in total. The highest BCUT2D eigenvalue weighted by Gasteiger charge is 2.28. The maximum Gasteiger partial charge on any atom is 0.296 e. The highest BCUT2D eigenvalue weighted by atomic mass is 19.1. The molecule has 1 aliphatic rings. The fraction of sp³-hybridized carbons (Fsp3) is 0.292. The van der Waals surface area contributed by atoms with E-state index in [-0.39, 0.29) is 17.2 Å². The monoisotopic (exact) mass is 433 g/mol. The molecule has 1 fully saturated rings. The lowest BCUT2D eigenvalue weighted by Gasteiger charge is -2.32. The van der Waals surface area contributed by atoms with Crippen LogP contribution in [0.2, 0.25) is 0 Å². The van der Waals surface area contributed by atoms with Crippen molar-refractivity contribution in [2.24, 2.45) is 0 Å². The van der Waals surface area contributed by atoms with Crippen LogP contribution in [0.3, 0.4) is 0 Å². The molecule has 0 N–H and O–H groups in total.